The van der Waals surface area contributed by atoms with E-state index in [1.165, 1.54) is 68.6 Å². The van der Waals surface area contributed by atoms with E-state index in [1.807, 2.05) is 0 Å². The minimum absolute atomic E-state index is 1.16. The van der Waals surface area contributed by atoms with E-state index < -0.39 is 0 Å². The van der Waals surface area contributed by atoms with Crippen molar-refractivity contribution in [2.24, 2.45) is 0 Å². The molecule has 0 amide bonds. The lowest BCUT2D eigenvalue weighted by molar-refractivity contribution is 0.568. The molecule has 16 heavy (non-hydrogen) atoms. The third kappa shape index (κ3) is 15.2. The first kappa shape index (κ1) is 17.2. The van der Waals surface area contributed by atoms with Gasteiger partial charge < -0.3 is 0 Å². The molecule has 0 N–H and O–H groups in total. The predicted molar refractivity (Wildman–Crippen MR) is 93.1 cm³/mol. The first-order valence-electron chi connectivity index (χ1n) is 6.68. The molecule has 0 heterocycles. The minimum Gasteiger partial charge on any atom is -0.0878 e. The van der Waals surface area contributed by atoms with Gasteiger partial charge >= 0.3 is 0 Å². The van der Waals surface area contributed by atoms with Crippen LogP contribution >= 0.6 is 45.2 Å². The standard InChI is InChI=1S/C14H26I2/c15-13-11-9-7-5-3-1-2-4-6-8-10-12-14-16/h9,11H,1-8,10,12-14H2. The van der Waals surface area contributed by atoms with Crippen molar-refractivity contribution in [3.63, 3.8) is 0 Å². The minimum atomic E-state index is 1.16. The van der Waals surface area contributed by atoms with Crippen LogP contribution in [0.2, 0.25) is 0 Å². The fourth-order valence-electron chi connectivity index (χ4n) is 1.77. The average Bonchev–Trinajstić information content (AvgIpc) is 2.31. The highest BCUT2D eigenvalue weighted by atomic mass is 127. The fraction of sp³-hybridized carbons (Fsp3) is 0.857. The van der Waals surface area contributed by atoms with Gasteiger partial charge in [-0.15, -0.1) is 0 Å². The molecule has 2 heteroatoms. The topological polar surface area (TPSA) is 0 Å². The fourth-order valence-corrected chi connectivity index (χ4v) is 2.67. The van der Waals surface area contributed by atoms with Gasteiger partial charge in [-0.25, -0.2) is 0 Å². The van der Waals surface area contributed by atoms with E-state index in [0.29, 0.717) is 0 Å². The third-order valence-corrected chi connectivity index (χ3v) is 4.03. The summed E-state index contributed by atoms with van der Waals surface area (Å²) in [6, 6.07) is 0. The van der Waals surface area contributed by atoms with Crippen LogP contribution < -0.4 is 0 Å². The summed E-state index contributed by atoms with van der Waals surface area (Å²) >= 11 is 4.87. The highest BCUT2D eigenvalue weighted by Crippen LogP contribution is 2.11. The molecule has 0 aliphatic rings. The van der Waals surface area contributed by atoms with Crippen LogP contribution in [0.5, 0.6) is 0 Å². The second kappa shape index (κ2) is 16.2. The molecule has 0 saturated carbocycles. The largest absolute Gasteiger partial charge is 0.0878 e. The van der Waals surface area contributed by atoms with Gasteiger partial charge in [0.15, 0.2) is 0 Å². The van der Waals surface area contributed by atoms with Crippen LogP contribution in [0.25, 0.3) is 0 Å². The van der Waals surface area contributed by atoms with Crippen molar-refractivity contribution in [1.29, 1.82) is 0 Å². The summed E-state index contributed by atoms with van der Waals surface area (Å²) < 4.78 is 2.50. The van der Waals surface area contributed by atoms with E-state index in [1.54, 1.807) is 0 Å². The van der Waals surface area contributed by atoms with Gasteiger partial charge in [0.1, 0.15) is 0 Å². The molecule has 0 atom stereocenters. The summed E-state index contributed by atoms with van der Waals surface area (Å²) in [6.07, 6.45) is 18.9. The van der Waals surface area contributed by atoms with Crippen molar-refractivity contribution in [3.05, 3.63) is 12.2 Å². The molecule has 0 saturated heterocycles. The van der Waals surface area contributed by atoms with Crippen molar-refractivity contribution in [3.8, 4) is 0 Å². The molecule has 0 aromatic carbocycles. The number of allylic oxidation sites excluding steroid dienone is 2. The summed E-state index contributed by atoms with van der Waals surface area (Å²) in [6.45, 7) is 0. The molecule has 96 valence electrons. The van der Waals surface area contributed by atoms with Gasteiger partial charge in [0.25, 0.3) is 0 Å². The summed E-state index contributed by atoms with van der Waals surface area (Å²) in [5.74, 6) is 0. The Kier molecular flexibility index (Phi) is 17.4. The molecule has 0 spiro atoms. The number of rotatable bonds is 12. The van der Waals surface area contributed by atoms with Crippen LogP contribution in [0.3, 0.4) is 0 Å². The Morgan fingerprint density at radius 1 is 0.562 bits per heavy atom. The van der Waals surface area contributed by atoms with E-state index in [2.05, 4.69) is 57.3 Å². The zero-order valence-electron chi connectivity index (χ0n) is 10.4. The van der Waals surface area contributed by atoms with E-state index in [-0.39, 0.29) is 0 Å². The zero-order valence-corrected chi connectivity index (χ0v) is 14.7. The quantitative estimate of drug-likeness (QED) is 0.142. The molecule has 0 unspecified atom stereocenters. The second-order valence-corrected chi connectivity index (χ2v) is 6.24. The Labute approximate surface area is 129 Å². The lowest BCUT2D eigenvalue weighted by Crippen LogP contribution is -1.82. The molecule has 0 radical (unpaired) electrons. The molecular formula is C14H26I2. The molecule has 0 nitrogen and oxygen atoms in total. The third-order valence-electron chi connectivity index (χ3n) is 2.76. The summed E-state index contributed by atoms with van der Waals surface area (Å²) in [5.41, 5.74) is 0. The number of unbranched alkanes of at least 4 members (excludes halogenated alkanes) is 9. The molecule has 0 bridgehead atoms. The first-order valence-corrected chi connectivity index (χ1v) is 9.74. The number of hydrogen-bond donors (Lipinski definition) is 0. The number of alkyl halides is 2. The van der Waals surface area contributed by atoms with Crippen molar-refractivity contribution < 1.29 is 0 Å². The Bertz CT molecular complexity index is 144. The maximum Gasteiger partial charge on any atom is 0.0175 e. The summed E-state index contributed by atoms with van der Waals surface area (Å²) in [7, 11) is 0. The van der Waals surface area contributed by atoms with Gasteiger partial charge in [0.05, 0.1) is 0 Å². The van der Waals surface area contributed by atoms with Gasteiger partial charge in [-0.3, -0.25) is 0 Å². The van der Waals surface area contributed by atoms with Crippen LogP contribution in [-0.2, 0) is 0 Å². The van der Waals surface area contributed by atoms with Crippen molar-refractivity contribution >= 4 is 45.2 Å². The molecular weight excluding hydrogens is 422 g/mol. The number of hydrogen-bond acceptors (Lipinski definition) is 0. The van der Waals surface area contributed by atoms with Gasteiger partial charge in [-0.2, -0.15) is 0 Å². The Balaban J connectivity index is 2.90. The lowest BCUT2D eigenvalue weighted by Gasteiger charge is -2.00. The van der Waals surface area contributed by atoms with Crippen molar-refractivity contribution in [1.82, 2.24) is 0 Å². The van der Waals surface area contributed by atoms with E-state index >= 15 is 0 Å². The lowest BCUT2D eigenvalue weighted by atomic mass is 10.1. The molecule has 0 aliphatic carbocycles. The highest BCUT2D eigenvalue weighted by Gasteiger charge is 1.91. The molecule has 0 aromatic rings. The summed E-state index contributed by atoms with van der Waals surface area (Å²) in [4.78, 5) is 0. The smallest absolute Gasteiger partial charge is 0.0175 e. The van der Waals surface area contributed by atoms with Crippen molar-refractivity contribution in [2.75, 3.05) is 8.86 Å². The molecule has 0 aromatic heterocycles. The SMILES string of the molecule is ICC=CCCCCCCCCCCCI. The second-order valence-electron chi connectivity index (χ2n) is 4.29. The normalized spacial score (nSPS) is 11.4. The van der Waals surface area contributed by atoms with Crippen LogP contribution in [0.1, 0.15) is 64.2 Å². The maximum atomic E-state index is 2.47. The Hall–Kier alpha value is 1.20. The van der Waals surface area contributed by atoms with Crippen LogP contribution in [0.4, 0.5) is 0 Å². The van der Waals surface area contributed by atoms with Crippen LogP contribution in [-0.4, -0.2) is 8.86 Å². The maximum absolute atomic E-state index is 2.47. The Morgan fingerprint density at radius 3 is 1.56 bits per heavy atom. The number of halogens is 2. The van der Waals surface area contributed by atoms with Crippen LogP contribution in [0.15, 0.2) is 12.2 Å². The van der Waals surface area contributed by atoms with Gasteiger partial charge in [0.2, 0.25) is 0 Å². The van der Waals surface area contributed by atoms with Gasteiger partial charge in [-0.1, -0.05) is 102 Å². The van der Waals surface area contributed by atoms with Gasteiger partial charge in [0, 0.05) is 4.43 Å². The van der Waals surface area contributed by atoms with Crippen LogP contribution in [0, 0.1) is 0 Å². The zero-order chi connectivity index (χ0) is 11.9. The van der Waals surface area contributed by atoms with Crippen molar-refractivity contribution in [2.45, 2.75) is 64.2 Å². The first-order chi connectivity index (χ1) is 7.91. The van der Waals surface area contributed by atoms with E-state index in [9.17, 15) is 0 Å². The molecule has 0 rings (SSSR count). The summed E-state index contributed by atoms with van der Waals surface area (Å²) in [5, 5.41) is 0. The van der Waals surface area contributed by atoms with E-state index in [0.717, 1.165) is 4.43 Å². The van der Waals surface area contributed by atoms with Gasteiger partial charge in [-0.05, 0) is 23.7 Å². The Morgan fingerprint density at radius 2 is 1.06 bits per heavy atom. The predicted octanol–water partition coefficient (Wildman–Crippen LogP) is 6.31. The monoisotopic (exact) mass is 448 g/mol. The molecule has 0 fully saturated rings. The highest BCUT2D eigenvalue weighted by molar-refractivity contribution is 14.1. The van der Waals surface area contributed by atoms with E-state index in [4.69, 9.17) is 0 Å². The molecule has 0 aliphatic heterocycles. The average molecular weight is 448 g/mol.